The smallest absolute Gasteiger partial charge is 0.254 e. The van der Waals surface area contributed by atoms with Gasteiger partial charge in [-0.25, -0.2) is 0 Å². The molecule has 5 heteroatoms. The molecule has 2 aromatic rings. The van der Waals surface area contributed by atoms with Gasteiger partial charge in [-0.15, -0.1) is 0 Å². The van der Waals surface area contributed by atoms with Gasteiger partial charge in [-0.1, -0.05) is 26.0 Å². The molecule has 4 rings (SSSR count). The number of fused-ring (bicyclic) bond motifs is 1. The SMILES string of the molecule is CC(C)c1ccc(N[C@@H]2CCCN(C(=O)c3ccc4c(c3)OCCO4)C2)cc1. The van der Waals surface area contributed by atoms with Gasteiger partial charge >= 0.3 is 0 Å². The van der Waals surface area contributed by atoms with E-state index in [4.69, 9.17) is 9.47 Å². The maximum atomic E-state index is 13.0. The molecule has 2 aliphatic rings. The van der Waals surface area contributed by atoms with Crippen molar-refractivity contribution in [1.82, 2.24) is 4.90 Å². The van der Waals surface area contributed by atoms with Crippen molar-refractivity contribution in [2.45, 2.75) is 38.6 Å². The molecular formula is C23H28N2O3. The number of piperidine rings is 1. The summed E-state index contributed by atoms with van der Waals surface area (Å²) in [5, 5.41) is 3.59. The number of anilines is 1. The molecule has 28 heavy (non-hydrogen) atoms. The zero-order chi connectivity index (χ0) is 19.5. The van der Waals surface area contributed by atoms with Gasteiger partial charge in [0.1, 0.15) is 13.2 Å². The van der Waals surface area contributed by atoms with Gasteiger partial charge in [0.2, 0.25) is 0 Å². The summed E-state index contributed by atoms with van der Waals surface area (Å²) in [5.41, 5.74) is 3.11. The van der Waals surface area contributed by atoms with E-state index in [1.165, 1.54) is 5.56 Å². The number of rotatable bonds is 4. The largest absolute Gasteiger partial charge is 0.486 e. The minimum absolute atomic E-state index is 0.0543. The number of hydrogen-bond donors (Lipinski definition) is 1. The first-order chi connectivity index (χ1) is 13.6. The Morgan fingerprint density at radius 3 is 2.57 bits per heavy atom. The monoisotopic (exact) mass is 380 g/mol. The van der Waals surface area contributed by atoms with E-state index in [1.54, 1.807) is 6.07 Å². The van der Waals surface area contributed by atoms with Crippen LogP contribution in [-0.4, -0.2) is 43.2 Å². The molecule has 1 saturated heterocycles. The molecule has 5 nitrogen and oxygen atoms in total. The molecule has 0 saturated carbocycles. The second kappa shape index (κ2) is 8.13. The van der Waals surface area contributed by atoms with Gasteiger partial charge in [0.25, 0.3) is 5.91 Å². The molecular weight excluding hydrogens is 352 g/mol. The van der Waals surface area contributed by atoms with Crippen molar-refractivity contribution in [3.63, 3.8) is 0 Å². The Morgan fingerprint density at radius 1 is 1.07 bits per heavy atom. The quantitative estimate of drug-likeness (QED) is 0.859. The van der Waals surface area contributed by atoms with E-state index < -0.39 is 0 Å². The number of nitrogens with zero attached hydrogens (tertiary/aromatic N) is 1. The van der Waals surface area contributed by atoms with Gasteiger partial charge in [0, 0.05) is 30.4 Å². The van der Waals surface area contributed by atoms with Crippen LogP contribution in [0.4, 0.5) is 5.69 Å². The maximum absolute atomic E-state index is 13.0. The number of ether oxygens (including phenoxy) is 2. The molecule has 2 heterocycles. The second-order valence-corrected chi connectivity index (χ2v) is 7.87. The van der Waals surface area contributed by atoms with Crippen LogP contribution >= 0.6 is 0 Å². The van der Waals surface area contributed by atoms with Gasteiger partial charge in [0.15, 0.2) is 11.5 Å². The summed E-state index contributed by atoms with van der Waals surface area (Å²) < 4.78 is 11.2. The third-order valence-electron chi connectivity index (χ3n) is 5.45. The average Bonchev–Trinajstić information content (AvgIpc) is 2.73. The van der Waals surface area contributed by atoms with Crippen LogP contribution in [0.25, 0.3) is 0 Å². The Balaban J connectivity index is 1.41. The highest BCUT2D eigenvalue weighted by molar-refractivity contribution is 5.95. The highest BCUT2D eigenvalue weighted by Crippen LogP contribution is 2.31. The molecule has 0 bridgehead atoms. The number of carbonyl (C=O) groups is 1. The lowest BCUT2D eigenvalue weighted by molar-refractivity contribution is 0.0713. The molecule has 1 amide bonds. The van der Waals surface area contributed by atoms with Crippen molar-refractivity contribution >= 4 is 11.6 Å². The topological polar surface area (TPSA) is 50.8 Å². The molecule has 0 aromatic heterocycles. The lowest BCUT2D eigenvalue weighted by Gasteiger charge is -2.34. The summed E-state index contributed by atoms with van der Waals surface area (Å²) in [5.74, 6) is 1.96. The van der Waals surface area contributed by atoms with E-state index in [-0.39, 0.29) is 11.9 Å². The molecule has 1 atom stereocenters. The summed E-state index contributed by atoms with van der Waals surface area (Å²) in [6, 6.07) is 14.4. The van der Waals surface area contributed by atoms with E-state index in [1.807, 2.05) is 17.0 Å². The fourth-order valence-corrected chi connectivity index (χ4v) is 3.84. The molecule has 0 unspecified atom stereocenters. The molecule has 148 valence electrons. The maximum Gasteiger partial charge on any atom is 0.254 e. The standard InChI is InChI=1S/C23H28N2O3/c1-16(2)17-5-8-19(9-6-17)24-20-4-3-11-25(15-20)23(26)18-7-10-21-22(14-18)28-13-12-27-21/h5-10,14,16,20,24H,3-4,11-13,15H2,1-2H3/t20-/m1/s1. The first-order valence-corrected chi connectivity index (χ1v) is 10.2. The van der Waals surface area contributed by atoms with E-state index in [0.717, 1.165) is 25.1 Å². The van der Waals surface area contributed by atoms with Gasteiger partial charge in [-0.3, -0.25) is 4.79 Å². The molecule has 1 N–H and O–H groups in total. The Labute approximate surface area is 166 Å². The van der Waals surface area contributed by atoms with Gasteiger partial charge in [-0.2, -0.15) is 0 Å². The van der Waals surface area contributed by atoms with Crippen molar-refractivity contribution in [2.75, 3.05) is 31.6 Å². The van der Waals surface area contributed by atoms with Crippen LogP contribution in [0.2, 0.25) is 0 Å². The first-order valence-electron chi connectivity index (χ1n) is 10.2. The van der Waals surface area contributed by atoms with Crippen molar-refractivity contribution in [1.29, 1.82) is 0 Å². The Kier molecular flexibility index (Phi) is 5.42. The number of benzene rings is 2. The average molecular weight is 380 g/mol. The zero-order valence-corrected chi connectivity index (χ0v) is 16.6. The third-order valence-corrected chi connectivity index (χ3v) is 5.45. The fourth-order valence-electron chi connectivity index (χ4n) is 3.84. The van der Waals surface area contributed by atoms with Crippen LogP contribution < -0.4 is 14.8 Å². The van der Waals surface area contributed by atoms with E-state index in [0.29, 0.717) is 42.7 Å². The Morgan fingerprint density at radius 2 is 1.82 bits per heavy atom. The Bertz CT molecular complexity index is 832. The van der Waals surface area contributed by atoms with Gasteiger partial charge in [0.05, 0.1) is 0 Å². The molecule has 2 aliphatic heterocycles. The molecule has 2 aromatic carbocycles. The lowest BCUT2D eigenvalue weighted by Crippen LogP contribution is -2.45. The summed E-state index contributed by atoms with van der Waals surface area (Å²) in [7, 11) is 0. The van der Waals surface area contributed by atoms with Gasteiger partial charge < -0.3 is 19.7 Å². The Hall–Kier alpha value is -2.69. The summed E-state index contributed by atoms with van der Waals surface area (Å²) >= 11 is 0. The van der Waals surface area contributed by atoms with Crippen LogP contribution in [0.5, 0.6) is 11.5 Å². The minimum Gasteiger partial charge on any atom is -0.486 e. The van der Waals surface area contributed by atoms with Crippen LogP contribution in [0, 0.1) is 0 Å². The molecule has 0 aliphatic carbocycles. The number of hydrogen-bond acceptors (Lipinski definition) is 4. The number of carbonyl (C=O) groups excluding carboxylic acids is 1. The summed E-state index contributed by atoms with van der Waals surface area (Å²) in [6.45, 7) is 6.97. The van der Waals surface area contributed by atoms with Gasteiger partial charge in [-0.05, 0) is 54.7 Å². The fraction of sp³-hybridized carbons (Fsp3) is 0.435. The zero-order valence-electron chi connectivity index (χ0n) is 16.6. The normalized spacial score (nSPS) is 18.8. The highest BCUT2D eigenvalue weighted by Gasteiger charge is 2.25. The third kappa shape index (κ3) is 4.08. The molecule has 0 spiro atoms. The number of likely N-dealkylation sites (tertiary alicyclic amines) is 1. The summed E-state index contributed by atoms with van der Waals surface area (Å²) in [6.07, 6.45) is 2.06. The predicted octanol–water partition coefficient (Wildman–Crippen LogP) is 4.30. The number of nitrogens with one attached hydrogen (secondary N) is 1. The molecule has 0 radical (unpaired) electrons. The second-order valence-electron chi connectivity index (χ2n) is 7.87. The van der Waals surface area contributed by atoms with Crippen LogP contribution in [0.1, 0.15) is 48.5 Å². The molecule has 1 fully saturated rings. The number of amides is 1. The van der Waals surface area contributed by atoms with Crippen LogP contribution in [-0.2, 0) is 0 Å². The first kappa shape index (κ1) is 18.7. The van der Waals surface area contributed by atoms with Crippen molar-refractivity contribution in [2.24, 2.45) is 0 Å². The van der Waals surface area contributed by atoms with Crippen molar-refractivity contribution in [3.8, 4) is 11.5 Å². The van der Waals surface area contributed by atoms with E-state index >= 15 is 0 Å². The van der Waals surface area contributed by atoms with Crippen molar-refractivity contribution < 1.29 is 14.3 Å². The highest BCUT2D eigenvalue weighted by atomic mass is 16.6. The van der Waals surface area contributed by atoms with Crippen LogP contribution in [0.3, 0.4) is 0 Å². The van der Waals surface area contributed by atoms with E-state index in [9.17, 15) is 4.79 Å². The predicted molar refractivity (Wildman–Crippen MR) is 111 cm³/mol. The minimum atomic E-state index is 0.0543. The van der Waals surface area contributed by atoms with E-state index in [2.05, 4.69) is 43.4 Å². The van der Waals surface area contributed by atoms with Crippen molar-refractivity contribution in [3.05, 3.63) is 53.6 Å². The van der Waals surface area contributed by atoms with Crippen LogP contribution in [0.15, 0.2) is 42.5 Å². The summed E-state index contributed by atoms with van der Waals surface area (Å²) in [4.78, 5) is 14.9. The lowest BCUT2D eigenvalue weighted by atomic mass is 10.0.